The summed E-state index contributed by atoms with van der Waals surface area (Å²) in [5, 5.41) is 16.1. The summed E-state index contributed by atoms with van der Waals surface area (Å²) in [4.78, 5) is 23.1. The van der Waals surface area contributed by atoms with Crippen molar-refractivity contribution in [3.63, 3.8) is 0 Å². The molecular formula is C12H20N6O3. The molecule has 0 aromatic carbocycles. The number of nitrogens with zero attached hydrogens (tertiary/aromatic N) is 3. The van der Waals surface area contributed by atoms with Gasteiger partial charge < -0.3 is 15.4 Å². The average Bonchev–Trinajstić information content (AvgIpc) is 2.87. The molecule has 0 bridgehead atoms. The summed E-state index contributed by atoms with van der Waals surface area (Å²) in [6.45, 7) is 3.84. The minimum atomic E-state index is -0.595. The SMILES string of the molecule is CCOC(=O)Nc1cn(CC(=O)NC2CCCNC2)nn1. The Balaban J connectivity index is 1.78. The van der Waals surface area contributed by atoms with Crippen LogP contribution >= 0.6 is 0 Å². The molecule has 2 amide bonds. The van der Waals surface area contributed by atoms with Crippen molar-refractivity contribution in [2.24, 2.45) is 0 Å². The molecule has 2 heterocycles. The number of nitrogens with one attached hydrogen (secondary N) is 3. The Bertz CT molecular complexity index is 483. The molecule has 9 nitrogen and oxygen atoms in total. The molecule has 1 fully saturated rings. The zero-order valence-corrected chi connectivity index (χ0v) is 12.0. The number of hydrogen-bond acceptors (Lipinski definition) is 6. The quantitative estimate of drug-likeness (QED) is 0.689. The van der Waals surface area contributed by atoms with Gasteiger partial charge in [-0.3, -0.25) is 10.1 Å². The number of hydrogen-bond donors (Lipinski definition) is 3. The van der Waals surface area contributed by atoms with E-state index in [0.29, 0.717) is 0 Å². The molecule has 9 heteroatoms. The van der Waals surface area contributed by atoms with E-state index < -0.39 is 6.09 Å². The third-order valence-electron chi connectivity index (χ3n) is 3.01. The maximum atomic E-state index is 11.9. The van der Waals surface area contributed by atoms with E-state index in [1.165, 1.54) is 10.9 Å². The molecular weight excluding hydrogens is 276 g/mol. The summed E-state index contributed by atoms with van der Waals surface area (Å²) in [7, 11) is 0. The van der Waals surface area contributed by atoms with Crippen LogP contribution in [0.15, 0.2) is 6.20 Å². The lowest BCUT2D eigenvalue weighted by atomic mass is 10.1. The van der Waals surface area contributed by atoms with Crippen molar-refractivity contribution in [3.05, 3.63) is 6.20 Å². The first-order valence-corrected chi connectivity index (χ1v) is 7.01. The molecule has 0 saturated carbocycles. The van der Waals surface area contributed by atoms with Crippen LogP contribution in [0.2, 0.25) is 0 Å². The lowest BCUT2D eigenvalue weighted by Gasteiger charge is -2.23. The van der Waals surface area contributed by atoms with Crippen LogP contribution in [0, 0.1) is 0 Å². The molecule has 1 saturated heterocycles. The fourth-order valence-corrected chi connectivity index (χ4v) is 2.10. The van der Waals surface area contributed by atoms with Gasteiger partial charge in [0.25, 0.3) is 0 Å². The number of anilines is 1. The average molecular weight is 296 g/mol. The zero-order valence-electron chi connectivity index (χ0n) is 12.0. The Morgan fingerprint density at radius 3 is 3.14 bits per heavy atom. The van der Waals surface area contributed by atoms with Crippen LogP contribution in [-0.4, -0.2) is 52.7 Å². The molecule has 1 aromatic rings. The first kappa shape index (κ1) is 15.2. The maximum absolute atomic E-state index is 11.9. The van der Waals surface area contributed by atoms with E-state index in [2.05, 4.69) is 26.3 Å². The van der Waals surface area contributed by atoms with Crippen molar-refractivity contribution in [3.8, 4) is 0 Å². The molecule has 3 N–H and O–H groups in total. The third kappa shape index (κ3) is 5.03. The van der Waals surface area contributed by atoms with Crippen molar-refractivity contribution in [1.82, 2.24) is 25.6 Å². The van der Waals surface area contributed by atoms with Gasteiger partial charge >= 0.3 is 6.09 Å². The van der Waals surface area contributed by atoms with Gasteiger partial charge in [-0.25, -0.2) is 9.48 Å². The van der Waals surface area contributed by atoms with Gasteiger partial charge in [-0.1, -0.05) is 5.21 Å². The van der Waals surface area contributed by atoms with Crippen molar-refractivity contribution in [1.29, 1.82) is 0 Å². The highest BCUT2D eigenvalue weighted by Crippen LogP contribution is 2.03. The van der Waals surface area contributed by atoms with E-state index >= 15 is 0 Å². The fraction of sp³-hybridized carbons (Fsp3) is 0.667. The molecule has 1 aromatic heterocycles. The van der Waals surface area contributed by atoms with Crippen LogP contribution < -0.4 is 16.0 Å². The van der Waals surface area contributed by atoms with Gasteiger partial charge in [0.2, 0.25) is 5.91 Å². The molecule has 1 unspecified atom stereocenters. The van der Waals surface area contributed by atoms with E-state index in [9.17, 15) is 9.59 Å². The van der Waals surface area contributed by atoms with Gasteiger partial charge in [0, 0.05) is 12.6 Å². The Morgan fingerprint density at radius 2 is 2.43 bits per heavy atom. The summed E-state index contributed by atoms with van der Waals surface area (Å²) >= 11 is 0. The monoisotopic (exact) mass is 296 g/mol. The number of ether oxygens (including phenoxy) is 1. The highest BCUT2D eigenvalue weighted by Gasteiger charge is 2.16. The molecule has 21 heavy (non-hydrogen) atoms. The molecule has 1 atom stereocenters. The lowest BCUT2D eigenvalue weighted by molar-refractivity contribution is -0.122. The number of rotatable bonds is 5. The van der Waals surface area contributed by atoms with Crippen molar-refractivity contribution in [2.45, 2.75) is 32.4 Å². The van der Waals surface area contributed by atoms with E-state index in [1.807, 2.05) is 0 Å². The van der Waals surface area contributed by atoms with Crippen LogP contribution in [0.3, 0.4) is 0 Å². The first-order chi connectivity index (χ1) is 10.2. The fourth-order valence-electron chi connectivity index (χ4n) is 2.10. The van der Waals surface area contributed by atoms with Gasteiger partial charge in [0.1, 0.15) is 6.54 Å². The standard InChI is InChI=1S/C12H20N6O3/c1-2-21-12(20)15-10-7-18(17-16-10)8-11(19)14-9-4-3-5-13-6-9/h7,9,13H,2-6,8H2,1H3,(H,14,19)(H,15,20). The summed E-state index contributed by atoms with van der Waals surface area (Å²) in [6, 6.07) is 0.159. The third-order valence-corrected chi connectivity index (χ3v) is 3.01. The Hall–Kier alpha value is -2.16. The zero-order chi connectivity index (χ0) is 15.1. The van der Waals surface area contributed by atoms with E-state index in [0.717, 1.165) is 25.9 Å². The maximum Gasteiger partial charge on any atom is 0.412 e. The largest absolute Gasteiger partial charge is 0.450 e. The number of piperidine rings is 1. The Morgan fingerprint density at radius 1 is 1.57 bits per heavy atom. The topological polar surface area (TPSA) is 110 Å². The van der Waals surface area contributed by atoms with Crippen molar-refractivity contribution >= 4 is 17.8 Å². The van der Waals surface area contributed by atoms with Crippen LogP contribution in [-0.2, 0) is 16.1 Å². The van der Waals surface area contributed by atoms with Gasteiger partial charge in [0.05, 0.1) is 12.8 Å². The predicted octanol–water partition coefficient (Wildman–Crippen LogP) is -0.285. The van der Waals surface area contributed by atoms with Crippen molar-refractivity contribution in [2.75, 3.05) is 25.0 Å². The predicted molar refractivity (Wildman–Crippen MR) is 74.7 cm³/mol. The number of amides is 2. The Labute approximate surface area is 122 Å². The molecule has 0 radical (unpaired) electrons. The number of carbonyl (C=O) groups is 2. The number of carbonyl (C=O) groups excluding carboxylic acids is 2. The summed E-state index contributed by atoms with van der Waals surface area (Å²) in [5.41, 5.74) is 0. The highest BCUT2D eigenvalue weighted by atomic mass is 16.5. The molecule has 1 aliphatic heterocycles. The molecule has 116 valence electrons. The van der Waals surface area contributed by atoms with E-state index in [4.69, 9.17) is 4.74 Å². The van der Waals surface area contributed by atoms with Gasteiger partial charge in [-0.15, -0.1) is 5.10 Å². The van der Waals surface area contributed by atoms with Gasteiger partial charge in [-0.2, -0.15) is 0 Å². The van der Waals surface area contributed by atoms with Crippen LogP contribution in [0.25, 0.3) is 0 Å². The molecule has 2 rings (SSSR count). The molecule has 0 spiro atoms. The minimum Gasteiger partial charge on any atom is -0.450 e. The van der Waals surface area contributed by atoms with E-state index in [1.54, 1.807) is 6.92 Å². The van der Waals surface area contributed by atoms with Crippen molar-refractivity contribution < 1.29 is 14.3 Å². The summed E-state index contributed by atoms with van der Waals surface area (Å²) in [6.07, 6.45) is 2.92. The Kier molecular flexibility index (Phi) is 5.50. The second-order valence-corrected chi connectivity index (χ2v) is 4.76. The second kappa shape index (κ2) is 7.58. The smallest absolute Gasteiger partial charge is 0.412 e. The summed E-state index contributed by atoms with van der Waals surface area (Å²) in [5.74, 6) is 0.122. The molecule has 0 aliphatic carbocycles. The lowest BCUT2D eigenvalue weighted by Crippen LogP contribution is -2.46. The van der Waals surface area contributed by atoms with E-state index in [-0.39, 0.29) is 30.9 Å². The normalized spacial score (nSPS) is 18.0. The van der Waals surface area contributed by atoms with Gasteiger partial charge in [-0.05, 0) is 26.3 Å². The first-order valence-electron chi connectivity index (χ1n) is 7.01. The van der Waals surface area contributed by atoms with Gasteiger partial charge in [0.15, 0.2) is 5.82 Å². The minimum absolute atomic E-state index is 0.0635. The van der Waals surface area contributed by atoms with Crippen LogP contribution in [0.5, 0.6) is 0 Å². The second-order valence-electron chi connectivity index (χ2n) is 4.76. The summed E-state index contributed by atoms with van der Waals surface area (Å²) < 4.78 is 6.09. The van der Waals surface area contributed by atoms with Crippen LogP contribution in [0.1, 0.15) is 19.8 Å². The highest BCUT2D eigenvalue weighted by molar-refractivity contribution is 5.83. The number of aromatic nitrogens is 3. The van der Waals surface area contributed by atoms with Crippen LogP contribution in [0.4, 0.5) is 10.6 Å². The molecule has 1 aliphatic rings.